The predicted octanol–water partition coefficient (Wildman–Crippen LogP) is 1.48. The van der Waals surface area contributed by atoms with Crippen LogP contribution in [-0.4, -0.2) is 47.2 Å². The van der Waals surface area contributed by atoms with E-state index in [1.807, 2.05) is 36.4 Å². The number of thioether (sulfide) groups is 1. The Labute approximate surface area is 166 Å². The average molecular weight is 418 g/mol. The molecule has 146 valence electrons. The van der Waals surface area contributed by atoms with Crippen LogP contribution in [0.4, 0.5) is 0 Å². The standard InChI is InChI=1S/C19H19N3O4S2/c1-22-18(24)15-8-12-4-2-3-5-13(12)9-16(15)21-19(22)27-10-17(23)20-14-6-7-28(25,26)11-14/h2-5,8-9,14H,6-7,10-11H2,1H3,(H,20,23)/t14-/m0/s1. The topological polar surface area (TPSA) is 98.1 Å². The van der Waals surface area contributed by atoms with E-state index >= 15 is 0 Å². The lowest BCUT2D eigenvalue weighted by Crippen LogP contribution is -2.36. The molecular formula is C19H19N3O4S2. The van der Waals surface area contributed by atoms with Crippen molar-refractivity contribution < 1.29 is 13.2 Å². The first-order chi connectivity index (χ1) is 13.3. The zero-order valence-corrected chi connectivity index (χ0v) is 16.8. The number of amides is 1. The number of rotatable bonds is 4. The van der Waals surface area contributed by atoms with E-state index in [0.29, 0.717) is 22.5 Å². The molecule has 2 aromatic carbocycles. The molecule has 0 unspecified atom stereocenters. The first-order valence-electron chi connectivity index (χ1n) is 8.84. The molecule has 4 rings (SSSR count). The summed E-state index contributed by atoms with van der Waals surface area (Å²) in [5.41, 5.74) is 0.423. The minimum absolute atomic E-state index is 0.0107. The lowest BCUT2D eigenvalue weighted by Gasteiger charge is -2.12. The molecule has 2 heterocycles. The molecule has 1 N–H and O–H groups in total. The third-order valence-corrected chi connectivity index (χ3v) is 7.63. The Morgan fingerprint density at radius 1 is 1.29 bits per heavy atom. The average Bonchev–Trinajstić information content (AvgIpc) is 3.00. The van der Waals surface area contributed by atoms with Crippen LogP contribution in [-0.2, 0) is 21.7 Å². The molecule has 1 fully saturated rings. The highest BCUT2D eigenvalue weighted by atomic mass is 32.2. The van der Waals surface area contributed by atoms with Gasteiger partial charge in [0, 0.05) is 13.1 Å². The highest BCUT2D eigenvalue weighted by Gasteiger charge is 2.28. The number of fused-ring (bicyclic) bond motifs is 2. The lowest BCUT2D eigenvalue weighted by atomic mass is 10.1. The summed E-state index contributed by atoms with van der Waals surface area (Å²) in [6.07, 6.45) is 0.443. The van der Waals surface area contributed by atoms with Gasteiger partial charge in [0.1, 0.15) is 0 Å². The van der Waals surface area contributed by atoms with Gasteiger partial charge in [0.05, 0.1) is 28.2 Å². The summed E-state index contributed by atoms with van der Waals surface area (Å²) in [7, 11) is -1.41. The van der Waals surface area contributed by atoms with Crippen LogP contribution in [0.3, 0.4) is 0 Å². The molecule has 7 nitrogen and oxygen atoms in total. The normalized spacial score (nSPS) is 18.5. The van der Waals surface area contributed by atoms with E-state index < -0.39 is 9.84 Å². The molecule has 0 radical (unpaired) electrons. The van der Waals surface area contributed by atoms with E-state index in [1.165, 1.54) is 4.57 Å². The molecule has 1 amide bonds. The summed E-state index contributed by atoms with van der Waals surface area (Å²) in [6.45, 7) is 0. The van der Waals surface area contributed by atoms with E-state index in [-0.39, 0.29) is 34.8 Å². The number of nitrogens with zero attached hydrogens (tertiary/aromatic N) is 2. The Balaban J connectivity index is 1.55. The summed E-state index contributed by atoms with van der Waals surface area (Å²) in [5.74, 6) is -0.0984. The van der Waals surface area contributed by atoms with Crippen molar-refractivity contribution in [2.45, 2.75) is 17.6 Å². The molecule has 0 spiro atoms. The summed E-state index contributed by atoms with van der Waals surface area (Å²) >= 11 is 1.16. The van der Waals surface area contributed by atoms with Crippen molar-refractivity contribution in [2.75, 3.05) is 17.3 Å². The van der Waals surface area contributed by atoms with Crippen molar-refractivity contribution in [3.05, 3.63) is 46.8 Å². The fourth-order valence-electron chi connectivity index (χ4n) is 3.38. The van der Waals surface area contributed by atoms with Gasteiger partial charge in [0.25, 0.3) is 5.56 Å². The van der Waals surface area contributed by atoms with Crippen molar-refractivity contribution in [1.82, 2.24) is 14.9 Å². The second kappa shape index (κ2) is 7.21. The maximum absolute atomic E-state index is 12.7. The second-order valence-electron chi connectivity index (χ2n) is 6.93. The maximum atomic E-state index is 12.7. The number of nitrogens with one attached hydrogen (secondary N) is 1. The van der Waals surface area contributed by atoms with Gasteiger partial charge in [0.15, 0.2) is 15.0 Å². The Morgan fingerprint density at radius 3 is 2.68 bits per heavy atom. The van der Waals surface area contributed by atoms with Crippen LogP contribution in [0.1, 0.15) is 6.42 Å². The van der Waals surface area contributed by atoms with Crippen LogP contribution in [0.15, 0.2) is 46.3 Å². The fraction of sp³-hybridized carbons (Fsp3) is 0.316. The van der Waals surface area contributed by atoms with Crippen molar-refractivity contribution >= 4 is 49.2 Å². The zero-order chi connectivity index (χ0) is 19.9. The van der Waals surface area contributed by atoms with E-state index in [1.54, 1.807) is 7.05 Å². The van der Waals surface area contributed by atoms with E-state index in [2.05, 4.69) is 10.3 Å². The van der Waals surface area contributed by atoms with Crippen LogP contribution in [0.5, 0.6) is 0 Å². The SMILES string of the molecule is Cn1c(SCC(=O)N[C@H]2CCS(=O)(=O)C2)nc2cc3ccccc3cc2c1=O. The van der Waals surface area contributed by atoms with Gasteiger partial charge in [0.2, 0.25) is 5.91 Å². The quantitative estimate of drug-likeness (QED) is 0.392. The number of carbonyl (C=O) groups excluding carboxylic acids is 1. The van der Waals surface area contributed by atoms with Gasteiger partial charge < -0.3 is 5.32 Å². The number of carbonyl (C=O) groups is 1. The first kappa shape index (κ1) is 18.9. The maximum Gasteiger partial charge on any atom is 0.261 e. The lowest BCUT2D eigenvalue weighted by molar-refractivity contribution is -0.119. The summed E-state index contributed by atoms with van der Waals surface area (Å²) in [5, 5.41) is 5.69. The first-order valence-corrected chi connectivity index (χ1v) is 11.7. The van der Waals surface area contributed by atoms with Crippen LogP contribution in [0, 0.1) is 0 Å². The molecule has 9 heteroatoms. The third kappa shape index (κ3) is 3.77. The highest BCUT2D eigenvalue weighted by Crippen LogP contribution is 2.22. The van der Waals surface area contributed by atoms with Gasteiger partial charge in [-0.2, -0.15) is 0 Å². The highest BCUT2D eigenvalue weighted by molar-refractivity contribution is 7.99. The van der Waals surface area contributed by atoms with Gasteiger partial charge in [-0.3, -0.25) is 14.2 Å². The van der Waals surface area contributed by atoms with E-state index in [9.17, 15) is 18.0 Å². The minimum atomic E-state index is -3.04. The number of sulfone groups is 1. The minimum Gasteiger partial charge on any atom is -0.352 e. The van der Waals surface area contributed by atoms with Crippen molar-refractivity contribution in [3.63, 3.8) is 0 Å². The molecule has 1 aliphatic heterocycles. The Kier molecular flexibility index (Phi) is 4.88. The fourth-order valence-corrected chi connectivity index (χ4v) is 5.83. The molecule has 1 aliphatic rings. The molecule has 1 atom stereocenters. The molecule has 3 aromatic rings. The summed E-state index contributed by atoms with van der Waals surface area (Å²) in [4.78, 5) is 29.5. The molecule has 0 bridgehead atoms. The van der Waals surface area contributed by atoms with Crippen LogP contribution in [0.2, 0.25) is 0 Å². The summed E-state index contributed by atoms with van der Waals surface area (Å²) in [6, 6.07) is 11.1. The van der Waals surface area contributed by atoms with Crippen molar-refractivity contribution in [1.29, 1.82) is 0 Å². The molecule has 28 heavy (non-hydrogen) atoms. The van der Waals surface area contributed by atoms with Crippen LogP contribution >= 0.6 is 11.8 Å². The van der Waals surface area contributed by atoms with Crippen molar-refractivity contribution in [3.8, 4) is 0 Å². The molecule has 1 aromatic heterocycles. The van der Waals surface area contributed by atoms with E-state index in [0.717, 1.165) is 22.5 Å². The van der Waals surface area contributed by atoms with E-state index in [4.69, 9.17) is 0 Å². The third-order valence-electron chi connectivity index (χ3n) is 4.83. The van der Waals surface area contributed by atoms with Gasteiger partial charge in [-0.25, -0.2) is 13.4 Å². The number of hydrogen-bond acceptors (Lipinski definition) is 6. The molecular weight excluding hydrogens is 398 g/mol. The van der Waals surface area contributed by atoms with Gasteiger partial charge in [-0.15, -0.1) is 0 Å². The number of hydrogen-bond donors (Lipinski definition) is 1. The van der Waals surface area contributed by atoms with Gasteiger partial charge >= 0.3 is 0 Å². The molecule has 0 saturated carbocycles. The number of aromatic nitrogens is 2. The predicted molar refractivity (Wildman–Crippen MR) is 110 cm³/mol. The Hall–Kier alpha value is -2.39. The van der Waals surface area contributed by atoms with Crippen LogP contribution < -0.4 is 10.9 Å². The Bertz CT molecular complexity index is 1250. The smallest absolute Gasteiger partial charge is 0.261 e. The summed E-state index contributed by atoms with van der Waals surface area (Å²) < 4.78 is 24.4. The Morgan fingerprint density at radius 2 is 2.00 bits per heavy atom. The van der Waals surface area contributed by atoms with Gasteiger partial charge in [-0.1, -0.05) is 36.0 Å². The molecule has 0 aliphatic carbocycles. The molecule has 1 saturated heterocycles. The van der Waals surface area contributed by atoms with Gasteiger partial charge in [-0.05, 0) is 29.3 Å². The number of benzene rings is 2. The van der Waals surface area contributed by atoms with Crippen molar-refractivity contribution in [2.24, 2.45) is 7.05 Å². The second-order valence-corrected chi connectivity index (χ2v) is 10.1. The largest absolute Gasteiger partial charge is 0.352 e. The van der Waals surface area contributed by atoms with Crippen LogP contribution in [0.25, 0.3) is 21.7 Å². The monoisotopic (exact) mass is 417 g/mol. The zero-order valence-electron chi connectivity index (χ0n) is 15.2.